The Morgan fingerprint density at radius 3 is 2.54 bits per heavy atom. The number of benzene rings is 2. The quantitative estimate of drug-likeness (QED) is 0.677. The maximum Gasteiger partial charge on any atom is 0.259 e. The lowest BCUT2D eigenvalue weighted by Gasteiger charge is -2.09. The van der Waals surface area contributed by atoms with Crippen molar-refractivity contribution in [2.75, 3.05) is 7.11 Å². The van der Waals surface area contributed by atoms with Gasteiger partial charge in [-0.2, -0.15) is 0 Å². The van der Waals surface area contributed by atoms with Crippen molar-refractivity contribution in [3.8, 4) is 5.75 Å². The molecule has 2 aliphatic rings. The smallest absolute Gasteiger partial charge is 0.259 e. The number of imide groups is 1. The van der Waals surface area contributed by atoms with Crippen LogP contribution in [-0.4, -0.2) is 23.9 Å². The highest BCUT2D eigenvalue weighted by Gasteiger charge is 2.37. The number of aromatic nitrogens is 1. The molecule has 2 heterocycles. The number of hydrogen-bond donors (Lipinski definition) is 2. The third-order valence-corrected chi connectivity index (χ3v) is 5.32. The number of H-pyrrole nitrogens is 1. The second-order valence-corrected chi connectivity index (χ2v) is 6.56. The molecule has 0 saturated heterocycles. The molecule has 5 nitrogen and oxygen atoms in total. The van der Waals surface area contributed by atoms with Crippen molar-refractivity contribution in [3.05, 3.63) is 39.9 Å². The van der Waals surface area contributed by atoms with Crippen molar-refractivity contribution >= 4 is 33.6 Å². The van der Waals surface area contributed by atoms with Crippen molar-refractivity contribution in [3.63, 3.8) is 0 Å². The molecule has 24 heavy (non-hydrogen) atoms. The van der Waals surface area contributed by atoms with E-state index in [1.807, 2.05) is 19.1 Å². The topological polar surface area (TPSA) is 71.2 Å². The largest absolute Gasteiger partial charge is 0.496 e. The lowest BCUT2D eigenvalue weighted by molar-refractivity contribution is 0.0880. The van der Waals surface area contributed by atoms with Gasteiger partial charge in [-0.3, -0.25) is 14.9 Å². The number of rotatable bonds is 1. The fraction of sp³-hybridized carbons (Fsp3) is 0.263. The van der Waals surface area contributed by atoms with Crippen molar-refractivity contribution in [2.45, 2.75) is 26.2 Å². The summed E-state index contributed by atoms with van der Waals surface area (Å²) in [7, 11) is 1.64. The molecule has 0 spiro atoms. The number of carbonyl (C=O) groups is 2. The Morgan fingerprint density at radius 1 is 1.00 bits per heavy atom. The predicted molar refractivity (Wildman–Crippen MR) is 90.9 cm³/mol. The number of amides is 2. The Bertz CT molecular complexity index is 1090. The van der Waals surface area contributed by atoms with E-state index in [1.54, 1.807) is 7.11 Å². The van der Waals surface area contributed by atoms with Gasteiger partial charge in [-0.15, -0.1) is 0 Å². The van der Waals surface area contributed by atoms with Crippen molar-refractivity contribution < 1.29 is 14.3 Å². The van der Waals surface area contributed by atoms with Crippen LogP contribution < -0.4 is 10.1 Å². The van der Waals surface area contributed by atoms with Gasteiger partial charge in [0.25, 0.3) is 11.8 Å². The summed E-state index contributed by atoms with van der Waals surface area (Å²) in [6.45, 7) is 1.98. The summed E-state index contributed by atoms with van der Waals surface area (Å²) in [5, 5.41) is 4.19. The first-order valence-electron chi connectivity index (χ1n) is 8.14. The first kappa shape index (κ1) is 13.6. The van der Waals surface area contributed by atoms with E-state index in [9.17, 15) is 9.59 Å². The Morgan fingerprint density at radius 2 is 1.75 bits per heavy atom. The zero-order valence-corrected chi connectivity index (χ0v) is 13.5. The van der Waals surface area contributed by atoms with Gasteiger partial charge < -0.3 is 9.72 Å². The van der Waals surface area contributed by atoms with Crippen LogP contribution in [0.1, 0.15) is 43.8 Å². The lowest BCUT2D eigenvalue weighted by atomic mass is 9.93. The molecule has 120 valence electrons. The summed E-state index contributed by atoms with van der Waals surface area (Å²) in [6, 6.07) is 4.01. The third-order valence-electron chi connectivity index (χ3n) is 5.32. The van der Waals surface area contributed by atoms with Gasteiger partial charge in [0.2, 0.25) is 0 Å². The number of aromatic amines is 1. The Hall–Kier alpha value is -2.82. The minimum Gasteiger partial charge on any atom is -0.496 e. The molecule has 3 aromatic rings. The van der Waals surface area contributed by atoms with E-state index in [0.29, 0.717) is 11.1 Å². The number of aryl methyl sites for hydroxylation is 2. The standard InChI is InChI=1S/C19H16N2O3/c1-8-6-7-11-13(17(8)24-2)14-15-12(18(22)21-19(15)23)9-4-3-5-10(9)16(14)20-11/h6-7,20H,3-5H2,1-2H3,(H,21,22,23). The molecule has 1 aliphatic carbocycles. The van der Waals surface area contributed by atoms with Gasteiger partial charge in [0.05, 0.1) is 34.7 Å². The van der Waals surface area contributed by atoms with Crippen molar-refractivity contribution in [1.29, 1.82) is 0 Å². The van der Waals surface area contributed by atoms with Crippen molar-refractivity contribution in [1.82, 2.24) is 10.3 Å². The number of fused-ring (bicyclic) bond motifs is 8. The Kier molecular flexibility index (Phi) is 2.48. The molecular formula is C19H16N2O3. The van der Waals surface area contributed by atoms with E-state index >= 15 is 0 Å². The van der Waals surface area contributed by atoms with Crippen LogP contribution in [0.15, 0.2) is 12.1 Å². The molecule has 2 amide bonds. The van der Waals surface area contributed by atoms with Crippen LogP contribution in [0.2, 0.25) is 0 Å². The normalized spacial score (nSPS) is 15.9. The lowest BCUT2D eigenvalue weighted by Crippen LogP contribution is -2.20. The van der Waals surface area contributed by atoms with Gasteiger partial charge in [0, 0.05) is 5.39 Å². The Labute approximate surface area is 138 Å². The minimum atomic E-state index is -0.306. The summed E-state index contributed by atoms with van der Waals surface area (Å²) in [4.78, 5) is 28.4. The molecule has 0 unspecified atom stereocenters. The average molecular weight is 320 g/mol. The SMILES string of the molecule is COc1c(C)ccc2[nH]c3c4c(c5c(c3c12)C(=O)NC5=O)CCC4. The first-order valence-corrected chi connectivity index (χ1v) is 8.14. The number of carbonyl (C=O) groups excluding carboxylic acids is 2. The fourth-order valence-electron chi connectivity index (χ4n) is 4.38. The maximum atomic E-state index is 12.5. The summed E-state index contributed by atoms with van der Waals surface area (Å²) < 4.78 is 5.63. The fourth-order valence-corrected chi connectivity index (χ4v) is 4.38. The summed E-state index contributed by atoms with van der Waals surface area (Å²) in [5.74, 6) is 0.182. The van der Waals surface area contributed by atoms with Gasteiger partial charge in [0.1, 0.15) is 5.75 Å². The second-order valence-electron chi connectivity index (χ2n) is 6.56. The summed E-state index contributed by atoms with van der Waals surface area (Å²) in [5.41, 5.74) is 6.19. The molecule has 1 aromatic heterocycles. The zero-order valence-electron chi connectivity index (χ0n) is 13.5. The van der Waals surface area contributed by atoms with E-state index in [-0.39, 0.29) is 11.8 Å². The first-order chi connectivity index (χ1) is 11.6. The zero-order chi connectivity index (χ0) is 16.6. The monoisotopic (exact) mass is 320 g/mol. The van der Waals surface area contributed by atoms with Gasteiger partial charge in [-0.25, -0.2) is 0 Å². The van der Waals surface area contributed by atoms with E-state index < -0.39 is 0 Å². The summed E-state index contributed by atoms with van der Waals surface area (Å²) >= 11 is 0. The van der Waals surface area contributed by atoms with Gasteiger partial charge in [-0.1, -0.05) is 6.07 Å². The second kappa shape index (κ2) is 4.38. The van der Waals surface area contributed by atoms with Gasteiger partial charge in [0.15, 0.2) is 0 Å². The molecule has 0 atom stereocenters. The number of nitrogens with one attached hydrogen (secondary N) is 2. The molecule has 5 heteroatoms. The molecule has 2 aromatic carbocycles. The highest BCUT2D eigenvalue weighted by molar-refractivity contribution is 6.32. The van der Waals surface area contributed by atoms with Crippen LogP contribution in [0.5, 0.6) is 5.75 Å². The average Bonchev–Trinajstić information content (AvgIpc) is 3.22. The van der Waals surface area contributed by atoms with Crippen LogP contribution in [0.25, 0.3) is 21.8 Å². The molecule has 0 radical (unpaired) electrons. The molecule has 1 aliphatic heterocycles. The number of hydrogen-bond acceptors (Lipinski definition) is 3. The van der Waals surface area contributed by atoms with Gasteiger partial charge in [-0.05, 0) is 48.9 Å². The minimum absolute atomic E-state index is 0.268. The number of methoxy groups -OCH3 is 1. The van der Waals surface area contributed by atoms with E-state index in [0.717, 1.165) is 57.9 Å². The highest BCUT2D eigenvalue weighted by atomic mass is 16.5. The maximum absolute atomic E-state index is 12.5. The van der Waals surface area contributed by atoms with Crippen LogP contribution >= 0.6 is 0 Å². The van der Waals surface area contributed by atoms with E-state index in [4.69, 9.17) is 4.74 Å². The molecule has 0 saturated carbocycles. The Balaban J connectivity index is 2.10. The van der Waals surface area contributed by atoms with Gasteiger partial charge >= 0.3 is 0 Å². The predicted octanol–water partition coefficient (Wildman–Crippen LogP) is 3.01. The van der Waals surface area contributed by atoms with Crippen LogP contribution in [-0.2, 0) is 12.8 Å². The molecule has 0 fully saturated rings. The summed E-state index contributed by atoms with van der Waals surface area (Å²) in [6.07, 6.45) is 2.78. The molecule has 0 bridgehead atoms. The molecule has 2 N–H and O–H groups in total. The van der Waals surface area contributed by atoms with E-state index in [2.05, 4.69) is 10.3 Å². The highest BCUT2D eigenvalue weighted by Crippen LogP contribution is 2.44. The number of ether oxygens (including phenoxy) is 1. The third kappa shape index (κ3) is 1.45. The molecular weight excluding hydrogens is 304 g/mol. The van der Waals surface area contributed by atoms with Crippen LogP contribution in [0.3, 0.4) is 0 Å². The van der Waals surface area contributed by atoms with Crippen LogP contribution in [0.4, 0.5) is 0 Å². The van der Waals surface area contributed by atoms with Crippen molar-refractivity contribution in [2.24, 2.45) is 0 Å². The van der Waals surface area contributed by atoms with Crippen LogP contribution in [0, 0.1) is 6.92 Å². The van der Waals surface area contributed by atoms with E-state index in [1.165, 1.54) is 5.56 Å². The molecule has 5 rings (SSSR count).